The molecule has 0 bridgehead atoms. The fraction of sp³-hybridized carbons (Fsp3) is 0.700. The molecule has 1 amide bonds. The molecule has 1 unspecified atom stereocenters. The van der Waals surface area contributed by atoms with Crippen LogP contribution in [0.5, 0.6) is 0 Å². The second kappa shape index (κ2) is 7.99. The van der Waals surface area contributed by atoms with Gasteiger partial charge in [-0.05, 0) is 49.3 Å². The third-order valence-electron chi connectivity index (χ3n) is 6.05. The number of nitrogens with zero attached hydrogens (tertiary/aromatic N) is 3. The Morgan fingerprint density at radius 1 is 1.14 bits per heavy atom. The van der Waals surface area contributed by atoms with Gasteiger partial charge in [0.2, 0.25) is 10.0 Å². The van der Waals surface area contributed by atoms with Crippen LogP contribution in [0.25, 0.3) is 0 Å². The molecule has 7 nitrogen and oxygen atoms in total. The largest absolute Gasteiger partial charge is 0.370 e. The molecular formula is C20H32N4O3S. The maximum Gasteiger partial charge on any atom is 0.283 e. The molecule has 0 saturated carbocycles. The Morgan fingerprint density at radius 2 is 1.82 bits per heavy atom. The maximum absolute atomic E-state index is 11.9. The summed E-state index contributed by atoms with van der Waals surface area (Å²) in [5.74, 6) is 0.0792. The van der Waals surface area contributed by atoms with Crippen LogP contribution in [0.4, 0.5) is 5.69 Å². The van der Waals surface area contributed by atoms with Crippen molar-refractivity contribution in [3.05, 3.63) is 24.0 Å². The van der Waals surface area contributed by atoms with E-state index in [1.54, 1.807) is 12.3 Å². The molecule has 0 aliphatic carbocycles. The quantitative estimate of drug-likeness (QED) is 0.822. The molecule has 0 radical (unpaired) electrons. The van der Waals surface area contributed by atoms with E-state index in [1.165, 1.54) is 19.5 Å². The second-order valence-electron chi connectivity index (χ2n) is 9.17. The summed E-state index contributed by atoms with van der Waals surface area (Å²) >= 11 is 0. The molecule has 3 heterocycles. The van der Waals surface area contributed by atoms with Crippen molar-refractivity contribution < 1.29 is 13.2 Å². The Kier molecular flexibility index (Phi) is 6.00. The van der Waals surface area contributed by atoms with Crippen molar-refractivity contribution in [3.63, 3.8) is 0 Å². The van der Waals surface area contributed by atoms with E-state index in [9.17, 15) is 13.2 Å². The number of rotatable bonds is 4. The molecular weight excluding hydrogens is 376 g/mol. The Hall–Kier alpha value is -1.67. The normalized spacial score (nSPS) is 22.4. The van der Waals surface area contributed by atoms with E-state index < -0.39 is 15.9 Å². The molecule has 1 N–H and O–H groups in total. The predicted octanol–water partition coefficient (Wildman–Crippen LogP) is 2.11. The Balaban J connectivity index is 1.53. The van der Waals surface area contributed by atoms with Crippen molar-refractivity contribution in [1.29, 1.82) is 0 Å². The number of carbonyl (C=O) groups is 1. The fourth-order valence-electron chi connectivity index (χ4n) is 4.24. The maximum atomic E-state index is 11.9. The van der Waals surface area contributed by atoms with Gasteiger partial charge in [-0.25, -0.2) is 18.1 Å². The first-order valence-electron chi connectivity index (χ1n) is 10.00. The minimum Gasteiger partial charge on any atom is -0.370 e. The van der Waals surface area contributed by atoms with Crippen molar-refractivity contribution >= 4 is 21.6 Å². The molecule has 156 valence electrons. The number of hydrogen-bond acceptors (Lipinski definition) is 6. The van der Waals surface area contributed by atoms with Crippen molar-refractivity contribution in [3.8, 4) is 0 Å². The van der Waals surface area contributed by atoms with Gasteiger partial charge in [0.25, 0.3) is 5.91 Å². The zero-order valence-corrected chi connectivity index (χ0v) is 18.1. The van der Waals surface area contributed by atoms with Crippen LogP contribution >= 0.6 is 0 Å². The van der Waals surface area contributed by atoms with Crippen LogP contribution in [-0.4, -0.2) is 62.7 Å². The summed E-state index contributed by atoms with van der Waals surface area (Å²) in [6, 6.07) is 4.07. The number of carbonyl (C=O) groups excluding carboxylic acids is 1. The van der Waals surface area contributed by atoms with Crippen LogP contribution < -0.4 is 9.62 Å². The number of anilines is 1. The SMILES string of the molecule is CC(C)(C)C1CCN(C2CCN(c3ccc(C(=O)NS(C)(=O)=O)nc3)CC2)C1. The van der Waals surface area contributed by atoms with Crippen molar-refractivity contribution in [2.24, 2.45) is 11.3 Å². The highest BCUT2D eigenvalue weighted by Crippen LogP contribution is 2.35. The van der Waals surface area contributed by atoms with Crippen LogP contribution in [-0.2, 0) is 10.0 Å². The molecule has 1 atom stereocenters. The van der Waals surface area contributed by atoms with Crippen LogP contribution in [0, 0.1) is 11.3 Å². The van der Waals surface area contributed by atoms with E-state index in [0.29, 0.717) is 11.5 Å². The standard InChI is InChI=1S/C20H32N4O3S/c1-20(2,3)15-7-10-24(14-15)16-8-11-23(12-9-16)17-5-6-18(21-13-17)19(25)22-28(4,26)27/h5-6,13,15-16H,7-12,14H2,1-4H3,(H,22,25). The summed E-state index contributed by atoms with van der Waals surface area (Å²) in [5.41, 5.74) is 1.46. The number of amides is 1. The molecule has 1 aromatic heterocycles. The van der Waals surface area contributed by atoms with Gasteiger partial charge in [-0.1, -0.05) is 20.8 Å². The highest BCUT2D eigenvalue weighted by molar-refractivity contribution is 7.89. The molecule has 2 saturated heterocycles. The molecule has 2 fully saturated rings. The van der Waals surface area contributed by atoms with E-state index in [-0.39, 0.29) is 5.69 Å². The Bertz CT molecular complexity index is 794. The summed E-state index contributed by atoms with van der Waals surface area (Å²) in [6.07, 6.45) is 6.17. The average Bonchev–Trinajstić information content (AvgIpc) is 3.11. The van der Waals surface area contributed by atoms with E-state index in [4.69, 9.17) is 0 Å². The third kappa shape index (κ3) is 5.23. The number of pyridine rings is 1. The minimum absolute atomic E-state index is 0.106. The zero-order chi connectivity index (χ0) is 20.5. The third-order valence-corrected chi connectivity index (χ3v) is 6.61. The highest BCUT2D eigenvalue weighted by atomic mass is 32.2. The topological polar surface area (TPSA) is 82.6 Å². The molecule has 8 heteroatoms. The van der Waals surface area contributed by atoms with Gasteiger partial charge in [-0.15, -0.1) is 0 Å². The Morgan fingerprint density at radius 3 is 2.32 bits per heavy atom. The molecule has 2 aliphatic heterocycles. The molecule has 2 aliphatic rings. The summed E-state index contributed by atoms with van der Waals surface area (Å²) in [7, 11) is -3.58. The number of piperidine rings is 1. The molecule has 28 heavy (non-hydrogen) atoms. The lowest BCUT2D eigenvalue weighted by molar-refractivity contribution is 0.0977. The van der Waals surface area contributed by atoms with Crippen LogP contribution in [0.15, 0.2) is 18.3 Å². The number of aromatic nitrogens is 1. The fourth-order valence-corrected chi connectivity index (χ4v) is 4.68. The van der Waals surface area contributed by atoms with Gasteiger partial charge >= 0.3 is 0 Å². The summed E-state index contributed by atoms with van der Waals surface area (Å²) in [4.78, 5) is 21.0. The lowest BCUT2D eigenvalue weighted by Crippen LogP contribution is -2.44. The monoisotopic (exact) mass is 408 g/mol. The smallest absolute Gasteiger partial charge is 0.283 e. The molecule has 0 aromatic carbocycles. The minimum atomic E-state index is -3.58. The summed E-state index contributed by atoms with van der Waals surface area (Å²) in [5, 5.41) is 0. The van der Waals surface area contributed by atoms with Gasteiger partial charge in [0.1, 0.15) is 5.69 Å². The van der Waals surface area contributed by atoms with Gasteiger partial charge in [-0.3, -0.25) is 9.69 Å². The van der Waals surface area contributed by atoms with Gasteiger partial charge in [0.05, 0.1) is 18.1 Å². The van der Waals surface area contributed by atoms with Crippen molar-refractivity contribution in [2.45, 2.75) is 46.1 Å². The molecule has 1 aromatic rings. The average molecular weight is 409 g/mol. The summed E-state index contributed by atoms with van der Waals surface area (Å²) in [6.45, 7) is 11.4. The first-order chi connectivity index (χ1) is 13.0. The first-order valence-corrected chi connectivity index (χ1v) is 11.9. The zero-order valence-electron chi connectivity index (χ0n) is 17.3. The van der Waals surface area contributed by atoms with E-state index in [1.807, 2.05) is 10.8 Å². The molecule has 0 spiro atoms. The number of sulfonamides is 1. The van der Waals surface area contributed by atoms with Gasteiger partial charge in [0, 0.05) is 25.7 Å². The van der Waals surface area contributed by atoms with Crippen LogP contribution in [0.2, 0.25) is 0 Å². The lowest BCUT2D eigenvalue weighted by Gasteiger charge is -2.38. The van der Waals surface area contributed by atoms with Crippen LogP contribution in [0.3, 0.4) is 0 Å². The molecule has 3 rings (SSSR count). The number of likely N-dealkylation sites (tertiary alicyclic amines) is 1. The van der Waals surface area contributed by atoms with Crippen molar-refractivity contribution in [2.75, 3.05) is 37.3 Å². The van der Waals surface area contributed by atoms with E-state index >= 15 is 0 Å². The van der Waals surface area contributed by atoms with Gasteiger partial charge < -0.3 is 4.90 Å². The highest BCUT2D eigenvalue weighted by Gasteiger charge is 2.35. The predicted molar refractivity (Wildman–Crippen MR) is 111 cm³/mol. The van der Waals surface area contributed by atoms with Gasteiger partial charge in [0.15, 0.2) is 0 Å². The lowest BCUT2D eigenvalue weighted by atomic mass is 9.80. The first kappa shape index (κ1) is 21.0. The summed E-state index contributed by atoms with van der Waals surface area (Å²) < 4.78 is 24.3. The van der Waals surface area contributed by atoms with E-state index in [2.05, 4.69) is 35.6 Å². The van der Waals surface area contributed by atoms with E-state index in [0.717, 1.165) is 43.8 Å². The number of nitrogens with one attached hydrogen (secondary N) is 1. The van der Waals surface area contributed by atoms with Crippen LogP contribution in [0.1, 0.15) is 50.5 Å². The second-order valence-corrected chi connectivity index (χ2v) is 10.9. The number of hydrogen-bond donors (Lipinski definition) is 1. The van der Waals surface area contributed by atoms with Crippen molar-refractivity contribution in [1.82, 2.24) is 14.6 Å². The van der Waals surface area contributed by atoms with Gasteiger partial charge in [-0.2, -0.15) is 0 Å². The Labute approximate surface area is 168 Å².